The van der Waals surface area contributed by atoms with E-state index in [4.69, 9.17) is 16.0 Å². The number of benzene rings is 1. The molecule has 0 fully saturated rings. The van der Waals surface area contributed by atoms with Gasteiger partial charge in [-0.05, 0) is 31.5 Å². The number of nitrogens with zero attached hydrogens (tertiary/aromatic N) is 2. The summed E-state index contributed by atoms with van der Waals surface area (Å²) in [6, 6.07) is 3.43. The summed E-state index contributed by atoms with van der Waals surface area (Å²) >= 11 is 6.15. The van der Waals surface area contributed by atoms with E-state index in [9.17, 15) is 9.59 Å². The van der Waals surface area contributed by atoms with Gasteiger partial charge in [-0.25, -0.2) is 4.98 Å². The molecule has 7 heteroatoms. The van der Waals surface area contributed by atoms with Crippen LogP contribution in [0, 0.1) is 13.8 Å². The Bertz CT molecular complexity index is 1130. The zero-order valence-electron chi connectivity index (χ0n) is 14.6. The number of H-pyrrole nitrogens is 1. The van der Waals surface area contributed by atoms with Crippen LogP contribution in [-0.4, -0.2) is 21.4 Å². The Kier molecular flexibility index (Phi) is 4.17. The zero-order valence-corrected chi connectivity index (χ0v) is 15.3. The summed E-state index contributed by atoms with van der Waals surface area (Å²) in [6.07, 6.45) is 2.19. The lowest BCUT2D eigenvalue weighted by Crippen LogP contribution is -2.36. The van der Waals surface area contributed by atoms with E-state index in [1.54, 1.807) is 19.1 Å². The third-order valence-corrected chi connectivity index (χ3v) is 5.19. The van der Waals surface area contributed by atoms with Crippen molar-refractivity contribution in [2.24, 2.45) is 0 Å². The van der Waals surface area contributed by atoms with Crippen molar-refractivity contribution in [3.8, 4) is 0 Å². The minimum absolute atomic E-state index is 0.0881. The van der Waals surface area contributed by atoms with Gasteiger partial charge in [0.1, 0.15) is 11.4 Å². The predicted molar refractivity (Wildman–Crippen MR) is 99.6 cm³/mol. The molecule has 134 valence electrons. The quantitative estimate of drug-likeness (QED) is 0.749. The Balaban J connectivity index is 1.66. The lowest BCUT2D eigenvalue weighted by atomic mass is 10.1. The van der Waals surface area contributed by atoms with Gasteiger partial charge in [0.05, 0.1) is 22.9 Å². The van der Waals surface area contributed by atoms with Crippen LogP contribution in [0.3, 0.4) is 0 Å². The first-order chi connectivity index (χ1) is 12.4. The van der Waals surface area contributed by atoms with Gasteiger partial charge in [0.2, 0.25) is 0 Å². The molecule has 0 aliphatic carbocycles. The number of hydrogen-bond acceptors (Lipinski definition) is 5. The Morgan fingerprint density at radius 3 is 2.92 bits per heavy atom. The summed E-state index contributed by atoms with van der Waals surface area (Å²) in [5, 5.41) is 1.02. The molecule has 1 aliphatic rings. The second kappa shape index (κ2) is 6.37. The van der Waals surface area contributed by atoms with Crippen molar-refractivity contribution in [3.63, 3.8) is 0 Å². The normalized spacial score (nSPS) is 14.6. The van der Waals surface area contributed by atoms with Gasteiger partial charge in [-0.1, -0.05) is 11.6 Å². The summed E-state index contributed by atoms with van der Waals surface area (Å²) in [5.41, 5.74) is 3.27. The monoisotopic (exact) mass is 371 g/mol. The van der Waals surface area contributed by atoms with Crippen LogP contribution in [0.4, 0.5) is 0 Å². The van der Waals surface area contributed by atoms with Crippen LogP contribution in [0.1, 0.15) is 28.2 Å². The van der Waals surface area contributed by atoms with Gasteiger partial charge in [0.25, 0.3) is 5.56 Å². The van der Waals surface area contributed by atoms with Crippen molar-refractivity contribution < 1.29 is 4.42 Å². The summed E-state index contributed by atoms with van der Waals surface area (Å²) in [7, 11) is 0. The van der Waals surface area contributed by atoms with E-state index >= 15 is 0 Å². The van der Waals surface area contributed by atoms with E-state index in [2.05, 4.69) is 14.9 Å². The van der Waals surface area contributed by atoms with E-state index < -0.39 is 0 Å². The number of hydrogen-bond donors (Lipinski definition) is 1. The number of halogens is 1. The molecule has 2 aromatic heterocycles. The highest BCUT2D eigenvalue weighted by Crippen LogP contribution is 2.22. The molecule has 1 aliphatic heterocycles. The van der Waals surface area contributed by atoms with Crippen molar-refractivity contribution in [2.45, 2.75) is 33.4 Å². The topological polar surface area (TPSA) is 79.2 Å². The number of nitrogens with one attached hydrogen (secondary N) is 1. The first-order valence-electron chi connectivity index (χ1n) is 8.44. The summed E-state index contributed by atoms with van der Waals surface area (Å²) < 4.78 is 5.64. The molecule has 0 bridgehead atoms. The van der Waals surface area contributed by atoms with Gasteiger partial charge in [-0.3, -0.25) is 14.5 Å². The van der Waals surface area contributed by atoms with Gasteiger partial charge in [-0.15, -0.1) is 0 Å². The lowest BCUT2D eigenvalue weighted by molar-refractivity contribution is 0.239. The SMILES string of the molecule is Cc1nc2c(c(=O)[nH]1)CN(Cc1coc3cc(C)c(Cl)cc3c1=O)CC2. The van der Waals surface area contributed by atoms with Crippen LogP contribution in [-0.2, 0) is 19.5 Å². The lowest BCUT2D eigenvalue weighted by Gasteiger charge is -2.27. The number of aryl methyl sites for hydroxylation is 2. The molecule has 4 rings (SSSR count). The maximum Gasteiger partial charge on any atom is 0.255 e. The van der Waals surface area contributed by atoms with E-state index in [1.807, 2.05) is 6.92 Å². The van der Waals surface area contributed by atoms with Gasteiger partial charge >= 0.3 is 0 Å². The Labute approximate surface area is 154 Å². The minimum Gasteiger partial charge on any atom is -0.464 e. The standard InChI is InChI=1S/C19H18ClN3O3/c1-10-5-17-13(6-15(10)20)18(24)12(9-26-17)7-23-4-3-16-14(8-23)19(25)22-11(2)21-16/h5-6,9H,3-4,7-8H2,1-2H3,(H,21,22,25). The van der Waals surface area contributed by atoms with E-state index in [1.165, 1.54) is 6.26 Å². The number of fused-ring (bicyclic) bond motifs is 2. The Morgan fingerprint density at radius 1 is 1.31 bits per heavy atom. The molecule has 0 saturated carbocycles. The molecule has 3 heterocycles. The van der Waals surface area contributed by atoms with Crippen molar-refractivity contribution in [3.05, 3.63) is 72.2 Å². The van der Waals surface area contributed by atoms with E-state index in [-0.39, 0.29) is 11.0 Å². The second-order valence-electron chi connectivity index (χ2n) is 6.72. The summed E-state index contributed by atoms with van der Waals surface area (Å²) in [4.78, 5) is 34.2. The third-order valence-electron chi connectivity index (χ3n) is 4.79. The number of aromatic amines is 1. The average Bonchev–Trinajstić information content (AvgIpc) is 2.60. The predicted octanol–water partition coefficient (Wildman–Crippen LogP) is 2.70. The molecular weight excluding hydrogens is 354 g/mol. The maximum absolute atomic E-state index is 12.8. The van der Waals surface area contributed by atoms with Crippen LogP contribution in [0.15, 0.2) is 32.4 Å². The van der Waals surface area contributed by atoms with Crippen LogP contribution in [0.25, 0.3) is 11.0 Å². The number of rotatable bonds is 2. The highest BCUT2D eigenvalue weighted by molar-refractivity contribution is 6.32. The molecule has 0 radical (unpaired) electrons. The van der Waals surface area contributed by atoms with Gasteiger partial charge in [0.15, 0.2) is 5.43 Å². The fourth-order valence-corrected chi connectivity index (χ4v) is 3.54. The van der Waals surface area contributed by atoms with Crippen molar-refractivity contribution in [1.29, 1.82) is 0 Å². The molecule has 0 saturated heterocycles. The van der Waals surface area contributed by atoms with Crippen LogP contribution >= 0.6 is 11.6 Å². The van der Waals surface area contributed by atoms with E-state index in [0.717, 1.165) is 17.8 Å². The Morgan fingerprint density at radius 2 is 2.12 bits per heavy atom. The van der Waals surface area contributed by atoms with Crippen LogP contribution in [0.2, 0.25) is 5.02 Å². The summed E-state index contributed by atoms with van der Waals surface area (Å²) in [6.45, 7) is 5.25. The molecule has 1 N–H and O–H groups in total. The maximum atomic E-state index is 12.8. The molecule has 6 nitrogen and oxygen atoms in total. The van der Waals surface area contributed by atoms with Crippen molar-refractivity contribution in [1.82, 2.24) is 14.9 Å². The average molecular weight is 372 g/mol. The molecule has 0 amide bonds. The van der Waals surface area contributed by atoms with Gasteiger partial charge < -0.3 is 9.40 Å². The first kappa shape index (κ1) is 17.0. The summed E-state index contributed by atoms with van der Waals surface area (Å²) in [5.74, 6) is 0.629. The molecular formula is C19H18ClN3O3. The molecule has 0 unspecified atom stereocenters. The molecule has 3 aromatic rings. The molecule has 0 spiro atoms. The molecule has 0 atom stereocenters. The van der Waals surface area contributed by atoms with Crippen molar-refractivity contribution in [2.75, 3.05) is 6.54 Å². The third kappa shape index (κ3) is 2.95. The minimum atomic E-state index is -0.106. The second-order valence-corrected chi connectivity index (χ2v) is 7.13. The smallest absolute Gasteiger partial charge is 0.255 e. The molecule has 26 heavy (non-hydrogen) atoms. The number of aromatic nitrogens is 2. The fourth-order valence-electron chi connectivity index (χ4n) is 3.38. The van der Waals surface area contributed by atoms with Crippen molar-refractivity contribution >= 4 is 22.6 Å². The Hall–Kier alpha value is -2.44. The highest BCUT2D eigenvalue weighted by atomic mass is 35.5. The highest BCUT2D eigenvalue weighted by Gasteiger charge is 2.22. The van der Waals surface area contributed by atoms with E-state index in [0.29, 0.717) is 52.5 Å². The van der Waals surface area contributed by atoms with Crippen LogP contribution < -0.4 is 11.0 Å². The van der Waals surface area contributed by atoms with Gasteiger partial charge in [-0.2, -0.15) is 0 Å². The first-order valence-corrected chi connectivity index (χ1v) is 8.81. The van der Waals surface area contributed by atoms with Crippen LogP contribution in [0.5, 0.6) is 0 Å². The largest absolute Gasteiger partial charge is 0.464 e. The molecule has 1 aromatic carbocycles. The zero-order chi connectivity index (χ0) is 18.4. The fraction of sp³-hybridized carbons (Fsp3) is 0.316. The van der Waals surface area contributed by atoms with Gasteiger partial charge in [0, 0.05) is 36.6 Å².